The summed E-state index contributed by atoms with van der Waals surface area (Å²) in [5.41, 5.74) is 0.497. The van der Waals surface area contributed by atoms with Crippen LogP contribution in [0.4, 0.5) is 5.69 Å². The van der Waals surface area contributed by atoms with Crippen molar-refractivity contribution in [2.24, 2.45) is 4.99 Å². The maximum absolute atomic E-state index is 11.7. The Bertz CT molecular complexity index is 593. The van der Waals surface area contributed by atoms with E-state index in [2.05, 4.69) is 20.9 Å². The lowest BCUT2D eigenvalue weighted by Gasteiger charge is -2.21. The maximum atomic E-state index is 11.7. The molecule has 0 heterocycles. The van der Waals surface area contributed by atoms with E-state index in [1.165, 1.54) is 12.1 Å². The summed E-state index contributed by atoms with van der Waals surface area (Å²) in [6.07, 6.45) is 0. The third-order valence-corrected chi connectivity index (χ3v) is 2.74. The molecule has 1 aromatic rings. The lowest BCUT2D eigenvalue weighted by molar-refractivity contribution is -0.384. The van der Waals surface area contributed by atoms with Crippen LogP contribution in [0.25, 0.3) is 0 Å². The molecule has 8 heteroatoms. The van der Waals surface area contributed by atoms with Crippen molar-refractivity contribution in [2.75, 3.05) is 13.6 Å². The molecule has 1 rings (SSSR count). The fourth-order valence-corrected chi connectivity index (χ4v) is 1.81. The molecule has 0 unspecified atom stereocenters. The Morgan fingerprint density at radius 1 is 1.30 bits per heavy atom. The molecule has 23 heavy (non-hydrogen) atoms. The Labute approximate surface area is 135 Å². The van der Waals surface area contributed by atoms with Crippen molar-refractivity contribution in [3.63, 3.8) is 0 Å². The van der Waals surface area contributed by atoms with Crippen molar-refractivity contribution < 1.29 is 9.72 Å². The van der Waals surface area contributed by atoms with Crippen molar-refractivity contribution in [2.45, 2.75) is 32.9 Å². The SMILES string of the molecule is CN=C(NCC(=O)NC(C)(C)C)NCc1cccc([N+](=O)[O-])c1. The van der Waals surface area contributed by atoms with E-state index in [9.17, 15) is 14.9 Å². The van der Waals surface area contributed by atoms with Crippen LogP contribution in [-0.2, 0) is 11.3 Å². The Balaban J connectivity index is 2.50. The smallest absolute Gasteiger partial charge is 0.269 e. The topological polar surface area (TPSA) is 109 Å². The second-order valence-electron chi connectivity index (χ2n) is 6.00. The van der Waals surface area contributed by atoms with Crippen molar-refractivity contribution in [1.29, 1.82) is 0 Å². The van der Waals surface area contributed by atoms with Crippen LogP contribution in [0, 0.1) is 10.1 Å². The maximum Gasteiger partial charge on any atom is 0.269 e. The van der Waals surface area contributed by atoms with Crippen LogP contribution >= 0.6 is 0 Å². The van der Waals surface area contributed by atoms with E-state index in [1.54, 1.807) is 19.2 Å². The number of nitro groups is 1. The fraction of sp³-hybridized carbons (Fsp3) is 0.467. The number of rotatable bonds is 5. The molecule has 0 atom stereocenters. The molecule has 3 N–H and O–H groups in total. The molecule has 8 nitrogen and oxygen atoms in total. The van der Waals surface area contributed by atoms with Crippen LogP contribution in [0.5, 0.6) is 0 Å². The standard InChI is InChI=1S/C15H23N5O3/c1-15(2,3)19-13(21)10-18-14(16-4)17-9-11-6-5-7-12(8-11)20(22)23/h5-8H,9-10H2,1-4H3,(H,19,21)(H2,16,17,18). The number of benzene rings is 1. The van der Waals surface area contributed by atoms with Gasteiger partial charge in [0.25, 0.3) is 5.69 Å². The molecule has 126 valence electrons. The molecule has 0 saturated carbocycles. The first-order chi connectivity index (χ1) is 10.7. The van der Waals surface area contributed by atoms with E-state index in [4.69, 9.17) is 0 Å². The van der Waals surface area contributed by atoms with Gasteiger partial charge in [-0.15, -0.1) is 0 Å². The Hall–Kier alpha value is -2.64. The monoisotopic (exact) mass is 321 g/mol. The Morgan fingerprint density at radius 3 is 2.57 bits per heavy atom. The van der Waals surface area contributed by atoms with E-state index in [0.29, 0.717) is 12.5 Å². The number of guanidine groups is 1. The second-order valence-corrected chi connectivity index (χ2v) is 6.00. The Kier molecular flexibility index (Phi) is 6.49. The van der Waals surface area contributed by atoms with Gasteiger partial charge in [-0.3, -0.25) is 19.9 Å². The van der Waals surface area contributed by atoms with E-state index >= 15 is 0 Å². The number of carbonyl (C=O) groups is 1. The summed E-state index contributed by atoms with van der Waals surface area (Å²) >= 11 is 0. The fourth-order valence-electron chi connectivity index (χ4n) is 1.81. The molecule has 0 aliphatic heterocycles. The first-order valence-electron chi connectivity index (χ1n) is 7.20. The number of nitrogens with one attached hydrogen (secondary N) is 3. The lowest BCUT2D eigenvalue weighted by Crippen LogP contribution is -2.48. The number of non-ortho nitro benzene ring substituents is 1. The predicted octanol–water partition coefficient (Wildman–Crippen LogP) is 1.17. The average molecular weight is 321 g/mol. The minimum absolute atomic E-state index is 0.0387. The van der Waals surface area contributed by atoms with Gasteiger partial charge in [-0.05, 0) is 26.3 Å². The molecule has 1 amide bonds. The van der Waals surface area contributed by atoms with E-state index in [1.807, 2.05) is 20.8 Å². The first-order valence-corrected chi connectivity index (χ1v) is 7.20. The molecule has 1 aromatic carbocycles. The molecule has 0 saturated heterocycles. The minimum Gasteiger partial charge on any atom is -0.352 e. The number of hydrogen-bond acceptors (Lipinski definition) is 4. The van der Waals surface area contributed by atoms with Crippen molar-refractivity contribution in [3.05, 3.63) is 39.9 Å². The second kappa shape index (κ2) is 8.11. The average Bonchev–Trinajstić information content (AvgIpc) is 2.46. The summed E-state index contributed by atoms with van der Waals surface area (Å²) < 4.78 is 0. The molecule has 0 aliphatic carbocycles. The number of aliphatic imine (C=N–C) groups is 1. The lowest BCUT2D eigenvalue weighted by atomic mass is 10.1. The molecule has 0 radical (unpaired) electrons. The normalized spacial score (nSPS) is 11.7. The zero-order chi connectivity index (χ0) is 17.5. The van der Waals surface area contributed by atoms with E-state index in [-0.39, 0.29) is 23.7 Å². The van der Waals surface area contributed by atoms with Gasteiger partial charge in [-0.25, -0.2) is 0 Å². The van der Waals surface area contributed by atoms with Gasteiger partial charge in [0.1, 0.15) is 0 Å². The number of hydrogen-bond donors (Lipinski definition) is 3. The molecular weight excluding hydrogens is 298 g/mol. The van der Waals surface area contributed by atoms with Crippen molar-refractivity contribution in [3.8, 4) is 0 Å². The highest BCUT2D eigenvalue weighted by atomic mass is 16.6. The van der Waals surface area contributed by atoms with Gasteiger partial charge in [-0.2, -0.15) is 0 Å². The summed E-state index contributed by atoms with van der Waals surface area (Å²) in [7, 11) is 1.59. The van der Waals surface area contributed by atoms with E-state index in [0.717, 1.165) is 5.56 Å². The quantitative estimate of drug-likeness (QED) is 0.326. The summed E-state index contributed by atoms with van der Waals surface area (Å²) in [4.78, 5) is 26.1. The number of nitrogens with zero attached hydrogens (tertiary/aromatic N) is 2. The van der Waals surface area contributed by atoms with Crippen LogP contribution < -0.4 is 16.0 Å². The predicted molar refractivity (Wildman–Crippen MR) is 89.2 cm³/mol. The van der Waals surface area contributed by atoms with Gasteiger partial charge in [0.2, 0.25) is 5.91 Å². The van der Waals surface area contributed by atoms with Crippen molar-refractivity contribution >= 4 is 17.6 Å². The van der Waals surface area contributed by atoms with Crippen LogP contribution in [-0.4, -0.2) is 35.9 Å². The summed E-state index contributed by atoms with van der Waals surface area (Å²) in [5, 5.41) is 19.5. The van der Waals surface area contributed by atoms with Gasteiger partial charge >= 0.3 is 0 Å². The molecule has 0 aromatic heterocycles. The third kappa shape index (κ3) is 7.25. The van der Waals surface area contributed by atoms with Gasteiger partial charge in [-0.1, -0.05) is 12.1 Å². The molecule has 0 aliphatic rings. The van der Waals surface area contributed by atoms with Gasteiger partial charge in [0, 0.05) is 31.3 Å². The number of carbonyl (C=O) groups excluding carboxylic acids is 1. The number of nitro benzene ring substituents is 1. The zero-order valence-electron chi connectivity index (χ0n) is 13.8. The molecular formula is C15H23N5O3. The summed E-state index contributed by atoms with van der Waals surface area (Å²) in [6.45, 7) is 6.16. The first kappa shape index (κ1) is 18.4. The van der Waals surface area contributed by atoms with Gasteiger partial charge in [0.05, 0.1) is 11.5 Å². The van der Waals surface area contributed by atoms with Crippen LogP contribution in [0.2, 0.25) is 0 Å². The number of amides is 1. The van der Waals surface area contributed by atoms with Crippen LogP contribution in [0.15, 0.2) is 29.3 Å². The summed E-state index contributed by atoms with van der Waals surface area (Å²) in [6, 6.07) is 6.34. The van der Waals surface area contributed by atoms with Gasteiger partial charge < -0.3 is 16.0 Å². The molecule has 0 fully saturated rings. The van der Waals surface area contributed by atoms with Crippen LogP contribution in [0.1, 0.15) is 26.3 Å². The highest BCUT2D eigenvalue weighted by Gasteiger charge is 2.13. The molecule has 0 spiro atoms. The third-order valence-electron chi connectivity index (χ3n) is 2.74. The highest BCUT2D eigenvalue weighted by molar-refractivity contribution is 5.86. The van der Waals surface area contributed by atoms with Crippen molar-refractivity contribution in [1.82, 2.24) is 16.0 Å². The van der Waals surface area contributed by atoms with Gasteiger partial charge in [0.15, 0.2) is 5.96 Å². The Morgan fingerprint density at radius 2 is 2.00 bits per heavy atom. The highest BCUT2D eigenvalue weighted by Crippen LogP contribution is 2.12. The largest absolute Gasteiger partial charge is 0.352 e. The summed E-state index contributed by atoms with van der Waals surface area (Å²) in [5.74, 6) is 0.302. The van der Waals surface area contributed by atoms with Crippen LogP contribution in [0.3, 0.4) is 0 Å². The molecule has 0 bridgehead atoms. The zero-order valence-corrected chi connectivity index (χ0v) is 13.8. The minimum atomic E-state index is -0.437. The van der Waals surface area contributed by atoms with E-state index < -0.39 is 4.92 Å².